The van der Waals surface area contributed by atoms with E-state index >= 15 is 0 Å². The Hall–Kier alpha value is -2.63. The smallest absolute Gasteiger partial charge is 0.387 e. The van der Waals surface area contributed by atoms with Crippen molar-refractivity contribution in [3.8, 4) is 5.75 Å². The van der Waals surface area contributed by atoms with Crippen molar-refractivity contribution in [3.63, 3.8) is 0 Å². The van der Waals surface area contributed by atoms with E-state index < -0.39 is 12.6 Å². The number of hydrogen-bond acceptors (Lipinski definition) is 2. The summed E-state index contributed by atoms with van der Waals surface area (Å²) in [4.78, 5) is 11.9. The van der Waals surface area contributed by atoms with Crippen LogP contribution in [0.25, 0.3) is 0 Å². The molecule has 0 spiro atoms. The van der Waals surface area contributed by atoms with Crippen LogP contribution in [0.5, 0.6) is 5.75 Å². The number of alkyl halides is 2. The number of nitrogens with one attached hydrogen (secondary N) is 2. The molecule has 6 heteroatoms. The monoisotopic (exact) mass is 306 g/mol. The minimum absolute atomic E-state index is 0.0392. The average Bonchev–Trinajstić information content (AvgIpc) is 2.49. The van der Waals surface area contributed by atoms with Crippen LogP contribution in [-0.4, -0.2) is 12.6 Å². The number of amides is 2. The van der Waals surface area contributed by atoms with Crippen molar-refractivity contribution in [2.75, 3.05) is 10.6 Å². The number of para-hydroxylation sites is 1. The van der Waals surface area contributed by atoms with E-state index in [4.69, 9.17) is 0 Å². The summed E-state index contributed by atoms with van der Waals surface area (Å²) in [7, 11) is 0. The Bertz CT molecular complexity index is 630. The zero-order chi connectivity index (χ0) is 15.9. The van der Waals surface area contributed by atoms with Crippen molar-refractivity contribution in [1.29, 1.82) is 0 Å². The second kappa shape index (κ2) is 7.40. The van der Waals surface area contributed by atoms with Crippen molar-refractivity contribution in [2.45, 2.75) is 20.0 Å². The van der Waals surface area contributed by atoms with Gasteiger partial charge in [-0.25, -0.2) is 4.79 Å². The molecule has 0 aliphatic heterocycles. The van der Waals surface area contributed by atoms with Gasteiger partial charge in [0.05, 0.1) is 0 Å². The largest absolute Gasteiger partial charge is 0.435 e. The normalized spacial score (nSPS) is 10.4. The topological polar surface area (TPSA) is 50.4 Å². The number of carbonyl (C=O) groups excluding carboxylic acids is 1. The number of rotatable bonds is 5. The van der Waals surface area contributed by atoms with Crippen molar-refractivity contribution < 1.29 is 18.3 Å². The highest BCUT2D eigenvalue weighted by Gasteiger charge is 2.07. The molecule has 0 saturated carbocycles. The molecule has 116 valence electrons. The van der Waals surface area contributed by atoms with Crippen molar-refractivity contribution in [2.24, 2.45) is 0 Å². The molecule has 4 nitrogen and oxygen atoms in total. The van der Waals surface area contributed by atoms with Gasteiger partial charge in [-0.1, -0.05) is 25.1 Å². The standard InChI is InChI=1S/C16H16F2N2O2/c1-2-11-5-3-4-6-14(11)20-16(21)19-12-7-9-13(10-8-12)22-15(17)18/h3-10,15H,2H2,1H3,(H2,19,20,21). The quantitative estimate of drug-likeness (QED) is 0.855. The third-order valence-electron chi connectivity index (χ3n) is 2.98. The predicted molar refractivity (Wildman–Crippen MR) is 81.5 cm³/mol. The van der Waals surface area contributed by atoms with Gasteiger partial charge in [0.1, 0.15) is 5.75 Å². The number of hydrogen-bond donors (Lipinski definition) is 2. The van der Waals surface area contributed by atoms with Crippen LogP contribution in [-0.2, 0) is 6.42 Å². The third kappa shape index (κ3) is 4.44. The van der Waals surface area contributed by atoms with Gasteiger partial charge >= 0.3 is 12.6 Å². The van der Waals surface area contributed by atoms with Gasteiger partial charge in [0.2, 0.25) is 0 Å². The fourth-order valence-electron chi connectivity index (χ4n) is 1.95. The highest BCUT2D eigenvalue weighted by atomic mass is 19.3. The van der Waals surface area contributed by atoms with Gasteiger partial charge in [0.25, 0.3) is 0 Å². The van der Waals surface area contributed by atoms with Crippen LogP contribution in [0.15, 0.2) is 48.5 Å². The molecule has 0 unspecified atom stereocenters. The highest BCUT2D eigenvalue weighted by molar-refractivity contribution is 6.00. The maximum absolute atomic E-state index is 12.0. The molecule has 2 amide bonds. The van der Waals surface area contributed by atoms with Crippen LogP contribution in [0, 0.1) is 0 Å². The van der Waals surface area contributed by atoms with E-state index in [1.807, 2.05) is 31.2 Å². The summed E-state index contributed by atoms with van der Waals surface area (Å²) in [5.41, 5.74) is 2.24. The summed E-state index contributed by atoms with van der Waals surface area (Å²) in [6, 6.07) is 12.8. The SMILES string of the molecule is CCc1ccccc1NC(=O)Nc1ccc(OC(F)F)cc1. The molecule has 2 aromatic rings. The molecule has 2 rings (SSSR count). The molecule has 0 aromatic heterocycles. The Kier molecular flexibility index (Phi) is 5.30. The molecule has 0 heterocycles. The molecule has 2 N–H and O–H groups in total. The minimum Gasteiger partial charge on any atom is -0.435 e. The molecule has 0 radical (unpaired) electrons. The molecule has 0 saturated heterocycles. The Morgan fingerprint density at radius 1 is 1.09 bits per heavy atom. The summed E-state index contributed by atoms with van der Waals surface area (Å²) in [6.07, 6.45) is 0.802. The van der Waals surface area contributed by atoms with Crippen molar-refractivity contribution >= 4 is 17.4 Å². The molecule has 0 aliphatic carbocycles. The van der Waals surface area contributed by atoms with Crippen LogP contribution in [0.1, 0.15) is 12.5 Å². The lowest BCUT2D eigenvalue weighted by Crippen LogP contribution is -2.20. The van der Waals surface area contributed by atoms with Gasteiger partial charge < -0.3 is 15.4 Å². The van der Waals surface area contributed by atoms with E-state index in [0.29, 0.717) is 5.69 Å². The lowest BCUT2D eigenvalue weighted by Gasteiger charge is -2.11. The van der Waals surface area contributed by atoms with Crippen LogP contribution in [0.2, 0.25) is 0 Å². The summed E-state index contributed by atoms with van der Waals surface area (Å²) in [5.74, 6) is 0.0392. The molecule has 2 aromatic carbocycles. The van der Waals surface area contributed by atoms with Gasteiger partial charge in [0, 0.05) is 11.4 Å². The number of halogens is 2. The highest BCUT2D eigenvalue weighted by Crippen LogP contribution is 2.19. The number of anilines is 2. The lowest BCUT2D eigenvalue weighted by molar-refractivity contribution is -0.0498. The molecular weight excluding hydrogens is 290 g/mol. The van der Waals surface area contributed by atoms with Gasteiger partial charge in [-0.15, -0.1) is 0 Å². The maximum atomic E-state index is 12.0. The Balaban J connectivity index is 1.97. The van der Waals surface area contributed by atoms with Crippen molar-refractivity contribution in [1.82, 2.24) is 0 Å². The first kappa shape index (κ1) is 15.8. The maximum Gasteiger partial charge on any atom is 0.387 e. The van der Waals surface area contributed by atoms with Gasteiger partial charge in [-0.3, -0.25) is 0 Å². The van der Waals surface area contributed by atoms with Crippen LogP contribution >= 0.6 is 0 Å². The van der Waals surface area contributed by atoms with E-state index in [1.165, 1.54) is 24.3 Å². The first-order valence-electron chi connectivity index (χ1n) is 6.79. The van der Waals surface area contributed by atoms with E-state index in [1.54, 1.807) is 0 Å². The zero-order valence-corrected chi connectivity index (χ0v) is 12.0. The summed E-state index contributed by atoms with van der Waals surface area (Å²) in [6.45, 7) is -0.868. The summed E-state index contributed by atoms with van der Waals surface area (Å²) in [5, 5.41) is 5.38. The van der Waals surface area contributed by atoms with Crippen LogP contribution < -0.4 is 15.4 Å². The Morgan fingerprint density at radius 3 is 2.41 bits per heavy atom. The number of aryl methyl sites for hydroxylation is 1. The van der Waals surface area contributed by atoms with E-state index in [-0.39, 0.29) is 5.75 Å². The first-order chi connectivity index (χ1) is 10.6. The summed E-state index contributed by atoms with van der Waals surface area (Å²) >= 11 is 0. The fourth-order valence-corrected chi connectivity index (χ4v) is 1.95. The number of benzene rings is 2. The van der Waals surface area contributed by atoms with Crippen LogP contribution in [0.3, 0.4) is 0 Å². The molecule has 22 heavy (non-hydrogen) atoms. The van der Waals surface area contributed by atoms with E-state index in [2.05, 4.69) is 15.4 Å². The van der Waals surface area contributed by atoms with Gasteiger partial charge in [-0.2, -0.15) is 8.78 Å². The molecule has 0 bridgehead atoms. The average molecular weight is 306 g/mol. The van der Waals surface area contributed by atoms with Gasteiger partial charge in [0.15, 0.2) is 0 Å². The summed E-state index contributed by atoms with van der Waals surface area (Å²) < 4.78 is 28.3. The minimum atomic E-state index is -2.87. The lowest BCUT2D eigenvalue weighted by atomic mass is 10.1. The number of carbonyl (C=O) groups is 1. The third-order valence-corrected chi connectivity index (χ3v) is 2.98. The zero-order valence-electron chi connectivity index (χ0n) is 12.0. The van der Waals surface area contributed by atoms with Crippen molar-refractivity contribution in [3.05, 3.63) is 54.1 Å². The second-order valence-corrected chi connectivity index (χ2v) is 4.49. The van der Waals surface area contributed by atoms with Crippen LogP contribution in [0.4, 0.5) is 25.0 Å². The Labute approximate surface area is 127 Å². The first-order valence-corrected chi connectivity index (χ1v) is 6.79. The molecule has 0 fully saturated rings. The van der Waals surface area contributed by atoms with E-state index in [9.17, 15) is 13.6 Å². The molecular formula is C16H16F2N2O2. The number of ether oxygens (including phenoxy) is 1. The molecule has 0 atom stereocenters. The predicted octanol–water partition coefficient (Wildman–Crippen LogP) is 4.49. The molecule has 0 aliphatic rings. The Morgan fingerprint density at radius 2 is 1.77 bits per heavy atom. The number of urea groups is 1. The van der Waals surface area contributed by atoms with Gasteiger partial charge in [-0.05, 0) is 42.3 Å². The second-order valence-electron chi connectivity index (χ2n) is 4.49. The van der Waals surface area contributed by atoms with E-state index in [0.717, 1.165) is 17.7 Å². The fraction of sp³-hybridized carbons (Fsp3) is 0.188.